The molecule has 1 atom stereocenters. The first-order chi connectivity index (χ1) is 11.2. The minimum absolute atomic E-state index is 0.474. The van der Waals surface area contributed by atoms with Crippen molar-refractivity contribution in [2.24, 2.45) is 0 Å². The minimum atomic E-state index is 0.474. The maximum Gasteiger partial charge on any atom is 0.118 e. The predicted molar refractivity (Wildman–Crippen MR) is 102 cm³/mol. The van der Waals surface area contributed by atoms with Gasteiger partial charge in [0.1, 0.15) is 5.75 Å². The molecule has 0 fully saturated rings. The zero-order valence-electron chi connectivity index (χ0n) is 14.6. The van der Waals surface area contributed by atoms with Crippen LogP contribution in [0.25, 0.3) is 0 Å². The van der Waals surface area contributed by atoms with Crippen LogP contribution in [-0.4, -0.2) is 21.2 Å². The lowest BCUT2D eigenvalue weighted by molar-refractivity contribution is 0.414. The maximum atomic E-state index is 5.29. The molecule has 0 aliphatic heterocycles. The highest BCUT2D eigenvalue weighted by atomic mass is 32.2. The second-order valence-electron chi connectivity index (χ2n) is 5.88. The Balaban J connectivity index is 2.24. The van der Waals surface area contributed by atoms with E-state index in [1.54, 1.807) is 7.11 Å². The molecule has 0 spiro atoms. The smallest absolute Gasteiger partial charge is 0.118 e. The van der Waals surface area contributed by atoms with Crippen LogP contribution in [0.15, 0.2) is 53.4 Å². The van der Waals surface area contributed by atoms with Crippen molar-refractivity contribution in [1.29, 1.82) is 0 Å². The third-order valence-electron chi connectivity index (χ3n) is 3.92. The van der Waals surface area contributed by atoms with E-state index in [9.17, 15) is 0 Å². The molecule has 0 aliphatic carbocycles. The fraction of sp³-hybridized carbons (Fsp3) is 0.400. The van der Waals surface area contributed by atoms with Crippen molar-refractivity contribution < 1.29 is 4.74 Å². The molecular weight excluding hydrogens is 302 g/mol. The van der Waals surface area contributed by atoms with Gasteiger partial charge < -0.3 is 9.64 Å². The van der Waals surface area contributed by atoms with E-state index in [4.69, 9.17) is 4.74 Å². The summed E-state index contributed by atoms with van der Waals surface area (Å²) in [5.74, 6) is 0.918. The molecule has 0 saturated heterocycles. The molecule has 3 heteroatoms. The average molecular weight is 330 g/mol. The van der Waals surface area contributed by atoms with Gasteiger partial charge in [0, 0.05) is 29.9 Å². The van der Waals surface area contributed by atoms with Gasteiger partial charge in [-0.15, -0.1) is 11.8 Å². The van der Waals surface area contributed by atoms with E-state index in [0.29, 0.717) is 5.25 Å². The van der Waals surface area contributed by atoms with Crippen molar-refractivity contribution in [1.82, 2.24) is 0 Å². The second kappa shape index (κ2) is 8.88. The zero-order valence-corrected chi connectivity index (χ0v) is 15.4. The van der Waals surface area contributed by atoms with E-state index in [2.05, 4.69) is 74.4 Å². The topological polar surface area (TPSA) is 12.5 Å². The summed E-state index contributed by atoms with van der Waals surface area (Å²) in [4.78, 5) is 3.53. The summed E-state index contributed by atoms with van der Waals surface area (Å²) in [6.45, 7) is 2.25. The molecule has 2 aromatic carbocycles. The molecule has 23 heavy (non-hydrogen) atoms. The van der Waals surface area contributed by atoms with Gasteiger partial charge in [0.15, 0.2) is 0 Å². The lowest BCUT2D eigenvalue weighted by atomic mass is 10.1. The molecule has 2 aromatic rings. The van der Waals surface area contributed by atoms with Crippen LogP contribution in [0.3, 0.4) is 0 Å². The standard InChI is InChI=1S/C20H27NOS/c1-5-6-10-19(16-12-14-17(22-4)15-13-16)23-20-11-8-7-9-18(20)21(2)3/h7-9,11-15,19H,5-6,10H2,1-4H3. The highest BCUT2D eigenvalue weighted by Gasteiger charge is 2.15. The molecule has 0 heterocycles. The molecule has 2 rings (SSSR count). The highest BCUT2D eigenvalue weighted by molar-refractivity contribution is 7.99. The van der Waals surface area contributed by atoms with E-state index in [1.807, 2.05) is 11.8 Å². The molecule has 0 radical (unpaired) electrons. The van der Waals surface area contributed by atoms with Crippen LogP contribution < -0.4 is 9.64 Å². The van der Waals surface area contributed by atoms with Gasteiger partial charge in [0.2, 0.25) is 0 Å². The Kier molecular flexibility index (Phi) is 6.85. The summed E-state index contributed by atoms with van der Waals surface area (Å²) in [7, 11) is 5.92. The van der Waals surface area contributed by atoms with Crippen LogP contribution >= 0.6 is 11.8 Å². The third-order valence-corrected chi connectivity index (χ3v) is 5.32. The van der Waals surface area contributed by atoms with E-state index >= 15 is 0 Å². The number of anilines is 1. The van der Waals surface area contributed by atoms with Crippen LogP contribution in [0.4, 0.5) is 5.69 Å². The number of methoxy groups -OCH3 is 1. The van der Waals surface area contributed by atoms with Crippen LogP contribution in [-0.2, 0) is 0 Å². The van der Waals surface area contributed by atoms with Crippen LogP contribution in [0, 0.1) is 0 Å². The Hall–Kier alpha value is -1.61. The largest absolute Gasteiger partial charge is 0.497 e. The molecular formula is C20H27NOS. The minimum Gasteiger partial charge on any atom is -0.497 e. The molecule has 2 nitrogen and oxygen atoms in total. The van der Waals surface area contributed by atoms with Crippen LogP contribution in [0.1, 0.15) is 37.0 Å². The number of hydrogen-bond acceptors (Lipinski definition) is 3. The molecule has 1 unspecified atom stereocenters. The van der Waals surface area contributed by atoms with Crippen molar-refractivity contribution in [2.75, 3.05) is 26.1 Å². The molecule has 0 aromatic heterocycles. The quantitative estimate of drug-likeness (QED) is 0.569. The van der Waals surface area contributed by atoms with E-state index in [0.717, 1.165) is 5.75 Å². The number of para-hydroxylation sites is 1. The SMILES string of the molecule is CCCCC(Sc1ccccc1N(C)C)c1ccc(OC)cc1. The molecule has 0 amide bonds. The fourth-order valence-electron chi connectivity index (χ4n) is 2.58. The van der Waals surface area contributed by atoms with Crippen molar-refractivity contribution in [2.45, 2.75) is 36.3 Å². The zero-order chi connectivity index (χ0) is 16.7. The second-order valence-corrected chi connectivity index (χ2v) is 7.13. The number of thioether (sulfide) groups is 1. The van der Waals surface area contributed by atoms with Gasteiger partial charge in [0.05, 0.1) is 7.11 Å². The predicted octanol–water partition coefficient (Wildman–Crippen LogP) is 5.78. The van der Waals surface area contributed by atoms with E-state index in [-0.39, 0.29) is 0 Å². The summed E-state index contributed by atoms with van der Waals surface area (Å²) in [5.41, 5.74) is 2.66. The van der Waals surface area contributed by atoms with E-state index < -0.39 is 0 Å². The Morgan fingerprint density at radius 1 is 1.04 bits per heavy atom. The first kappa shape index (κ1) is 17.7. The average Bonchev–Trinajstić information content (AvgIpc) is 2.59. The Labute approximate surface area is 144 Å². The van der Waals surface area contributed by atoms with Gasteiger partial charge in [-0.05, 0) is 36.2 Å². The third kappa shape index (κ3) is 4.93. The Morgan fingerprint density at radius 2 is 1.74 bits per heavy atom. The summed E-state index contributed by atoms with van der Waals surface area (Å²) in [6, 6.07) is 17.2. The van der Waals surface area contributed by atoms with Gasteiger partial charge in [-0.2, -0.15) is 0 Å². The number of ether oxygens (including phenoxy) is 1. The summed E-state index contributed by atoms with van der Waals surface area (Å²) in [5, 5.41) is 0.474. The van der Waals surface area contributed by atoms with Crippen molar-refractivity contribution in [3.8, 4) is 5.75 Å². The van der Waals surface area contributed by atoms with Crippen LogP contribution in [0.5, 0.6) is 5.75 Å². The van der Waals surface area contributed by atoms with E-state index in [1.165, 1.54) is 35.4 Å². The maximum absolute atomic E-state index is 5.29. The van der Waals surface area contributed by atoms with Crippen molar-refractivity contribution in [3.05, 3.63) is 54.1 Å². The molecule has 124 valence electrons. The fourth-order valence-corrected chi connectivity index (χ4v) is 3.99. The van der Waals surface area contributed by atoms with Gasteiger partial charge in [-0.3, -0.25) is 0 Å². The summed E-state index contributed by atoms with van der Waals surface area (Å²) < 4.78 is 5.29. The van der Waals surface area contributed by atoms with Crippen LogP contribution in [0.2, 0.25) is 0 Å². The first-order valence-electron chi connectivity index (χ1n) is 8.22. The number of rotatable bonds is 8. The van der Waals surface area contributed by atoms with Gasteiger partial charge in [0.25, 0.3) is 0 Å². The van der Waals surface area contributed by atoms with Gasteiger partial charge in [-0.25, -0.2) is 0 Å². The highest BCUT2D eigenvalue weighted by Crippen LogP contribution is 2.42. The van der Waals surface area contributed by atoms with Gasteiger partial charge >= 0.3 is 0 Å². The number of hydrogen-bond donors (Lipinski definition) is 0. The molecule has 0 saturated carbocycles. The van der Waals surface area contributed by atoms with Crippen molar-refractivity contribution in [3.63, 3.8) is 0 Å². The molecule has 0 N–H and O–H groups in total. The Bertz CT molecular complexity index is 595. The molecule has 0 aliphatic rings. The number of benzene rings is 2. The number of unbranched alkanes of at least 4 members (excludes halogenated alkanes) is 1. The van der Waals surface area contributed by atoms with Gasteiger partial charge in [-0.1, -0.05) is 44.0 Å². The Morgan fingerprint density at radius 3 is 2.35 bits per heavy atom. The van der Waals surface area contributed by atoms with Crippen molar-refractivity contribution >= 4 is 17.4 Å². The monoisotopic (exact) mass is 329 g/mol. The lowest BCUT2D eigenvalue weighted by Crippen LogP contribution is -2.10. The summed E-state index contributed by atoms with van der Waals surface area (Å²) in [6.07, 6.45) is 3.66. The number of nitrogens with zero attached hydrogens (tertiary/aromatic N) is 1. The lowest BCUT2D eigenvalue weighted by Gasteiger charge is -2.22. The molecule has 0 bridgehead atoms. The normalized spacial score (nSPS) is 12.0. The first-order valence-corrected chi connectivity index (χ1v) is 9.10. The summed E-state index contributed by atoms with van der Waals surface area (Å²) >= 11 is 1.97.